The van der Waals surface area contributed by atoms with Gasteiger partial charge in [0, 0.05) is 12.1 Å². The highest BCUT2D eigenvalue weighted by Crippen LogP contribution is 2.29. The quantitative estimate of drug-likeness (QED) is 0.474. The van der Waals surface area contributed by atoms with Crippen LogP contribution in [-0.2, 0) is 4.74 Å². The second kappa shape index (κ2) is 8.57. The molecular weight excluding hydrogens is 474 g/mol. The molecule has 0 unspecified atom stereocenters. The van der Waals surface area contributed by atoms with Crippen LogP contribution >= 0.6 is 34.2 Å². The highest BCUT2D eigenvalue weighted by atomic mass is 127. The highest BCUT2D eigenvalue weighted by Gasteiger charge is 2.27. The lowest BCUT2D eigenvalue weighted by Crippen LogP contribution is -2.44. The molecule has 1 fully saturated rings. The Labute approximate surface area is 171 Å². The molecule has 0 spiro atoms. The molecule has 2 N–H and O–H groups in total. The molecule has 1 heterocycles. The molecule has 1 aliphatic carbocycles. The molecule has 6 nitrogen and oxygen atoms in total. The number of carbonyl (C=O) groups excluding carboxylic acids is 1. The third-order valence-corrected chi connectivity index (χ3v) is 5.17. The molecule has 9 heteroatoms. The van der Waals surface area contributed by atoms with Gasteiger partial charge in [-0.3, -0.25) is 0 Å². The third kappa shape index (κ3) is 5.58. The van der Waals surface area contributed by atoms with Gasteiger partial charge in [-0.15, -0.1) is 0 Å². The average molecular weight is 495 g/mol. The highest BCUT2D eigenvalue weighted by molar-refractivity contribution is 14.1. The molecule has 2 atom stereocenters. The first-order valence-corrected chi connectivity index (χ1v) is 9.77. The molecule has 1 aliphatic rings. The van der Waals surface area contributed by atoms with E-state index in [-0.39, 0.29) is 32.2 Å². The van der Waals surface area contributed by atoms with Gasteiger partial charge < -0.3 is 15.4 Å². The van der Waals surface area contributed by atoms with E-state index < -0.39 is 17.5 Å². The van der Waals surface area contributed by atoms with E-state index in [0.717, 1.165) is 19.3 Å². The number of hydrogen-bond acceptors (Lipinski definition) is 5. The fourth-order valence-corrected chi connectivity index (χ4v) is 3.83. The van der Waals surface area contributed by atoms with E-state index in [4.69, 9.17) is 21.6 Å². The molecule has 2 rings (SSSR count). The smallest absolute Gasteiger partial charge is 0.407 e. The van der Waals surface area contributed by atoms with Crippen LogP contribution in [0.3, 0.4) is 0 Å². The first kappa shape index (κ1) is 21.0. The Kier molecular flexibility index (Phi) is 6.91. The Morgan fingerprint density at radius 3 is 2.69 bits per heavy atom. The van der Waals surface area contributed by atoms with Crippen LogP contribution in [0.4, 0.5) is 15.0 Å². The summed E-state index contributed by atoms with van der Waals surface area (Å²) in [6, 6.07) is 1.72. The fourth-order valence-electron chi connectivity index (χ4n) is 2.82. The van der Waals surface area contributed by atoms with Gasteiger partial charge in [-0.25, -0.2) is 14.2 Å². The predicted molar refractivity (Wildman–Crippen MR) is 106 cm³/mol. The van der Waals surface area contributed by atoms with Crippen molar-refractivity contribution in [3.63, 3.8) is 0 Å². The number of anilines is 1. The predicted octanol–water partition coefficient (Wildman–Crippen LogP) is 4.60. The summed E-state index contributed by atoms with van der Waals surface area (Å²) in [5, 5.41) is 14.9. The van der Waals surface area contributed by atoms with Crippen molar-refractivity contribution in [3.8, 4) is 6.07 Å². The molecule has 0 radical (unpaired) electrons. The standard InChI is InChI=1S/C17H21ClFIN4O2/c1-17(2,3)26-16(25)23-10-6-4-5-9(7-10)22-15-12(19)13(20)11(8-21)14(18)24-15/h9-10H,4-7H2,1-3H3,(H,22,24)(H,23,25)/t9-,10+/m1/s1. The van der Waals surface area contributed by atoms with Crippen molar-refractivity contribution in [1.82, 2.24) is 10.3 Å². The fraction of sp³-hybridized carbons (Fsp3) is 0.588. The van der Waals surface area contributed by atoms with Crippen LogP contribution in [0.2, 0.25) is 5.15 Å². The molecular formula is C17H21ClFIN4O2. The van der Waals surface area contributed by atoms with E-state index in [2.05, 4.69) is 15.6 Å². The number of rotatable bonds is 3. The maximum absolute atomic E-state index is 14.4. The number of carbonyl (C=O) groups is 1. The van der Waals surface area contributed by atoms with Crippen LogP contribution in [-0.4, -0.2) is 28.8 Å². The van der Waals surface area contributed by atoms with Crippen LogP contribution in [0.15, 0.2) is 0 Å². The first-order valence-electron chi connectivity index (χ1n) is 8.31. The zero-order chi connectivity index (χ0) is 19.5. The number of ether oxygens (including phenoxy) is 1. The number of pyridine rings is 1. The Hall–Kier alpha value is -1.34. The van der Waals surface area contributed by atoms with E-state index in [1.54, 1.807) is 22.6 Å². The number of nitrogens with zero attached hydrogens (tertiary/aromatic N) is 2. The van der Waals surface area contributed by atoms with Gasteiger partial charge in [0.1, 0.15) is 17.2 Å². The Bertz CT molecular complexity index is 733. The Balaban J connectivity index is 2.03. The molecule has 26 heavy (non-hydrogen) atoms. The van der Waals surface area contributed by atoms with Gasteiger partial charge in [-0.1, -0.05) is 11.6 Å². The van der Waals surface area contributed by atoms with Gasteiger partial charge in [0.15, 0.2) is 16.8 Å². The van der Waals surface area contributed by atoms with Crippen molar-refractivity contribution in [2.45, 2.75) is 64.1 Å². The van der Waals surface area contributed by atoms with Gasteiger partial charge >= 0.3 is 6.09 Å². The molecule has 1 aromatic rings. The minimum absolute atomic E-state index is 0.0277. The van der Waals surface area contributed by atoms with Crippen LogP contribution in [0.1, 0.15) is 52.0 Å². The van der Waals surface area contributed by atoms with Crippen molar-refractivity contribution in [2.24, 2.45) is 0 Å². The van der Waals surface area contributed by atoms with E-state index in [0.29, 0.717) is 6.42 Å². The third-order valence-electron chi connectivity index (χ3n) is 3.88. The van der Waals surface area contributed by atoms with Crippen molar-refractivity contribution in [1.29, 1.82) is 5.26 Å². The SMILES string of the molecule is CC(C)(C)OC(=O)N[C@H]1CCC[C@@H](Nc2nc(Cl)c(C#N)c(I)c2F)C1. The van der Waals surface area contributed by atoms with Crippen LogP contribution < -0.4 is 10.6 Å². The molecule has 0 saturated heterocycles. The second-order valence-electron chi connectivity index (χ2n) is 7.22. The largest absolute Gasteiger partial charge is 0.444 e. The summed E-state index contributed by atoms with van der Waals surface area (Å²) in [6.07, 6.45) is 2.69. The molecule has 1 aromatic heterocycles. The number of amides is 1. The summed E-state index contributed by atoms with van der Waals surface area (Å²) >= 11 is 7.71. The molecule has 0 aromatic carbocycles. The Morgan fingerprint density at radius 1 is 1.42 bits per heavy atom. The summed E-state index contributed by atoms with van der Waals surface area (Å²) in [5.74, 6) is -0.560. The minimum atomic E-state index is -0.589. The Morgan fingerprint density at radius 2 is 2.08 bits per heavy atom. The monoisotopic (exact) mass is 494 g/mol. The van der Waals surface area contributed by atoms with E-state index in [1.807, 2.05) is 26.8 Å². The van der Waals surface area contributed by atoms with Crippen molar-refractivity contribution in [3.05, 3.63) is 20.1 Å². The van der Waals surface area contributed by atoms with Gasteiger partial charge in [0.25, 0.3) is 0 Å². The lowest BCUT2D eigenvalue weighted by atomic mass is 9.91. The number of alkyl carbamates (subject to hydrolysis) is 1. The van der Waals surface area contributed by atoms with Crippen LogP contribution in [0.5, 0.6) is 0 Å². The zero-order valence-corrected chi connectivity index (χ0v) is 17.7. The lowest BCUT2D eigenvalue weighted by molar-refractivity contribution is 0.0492. The van der Waals surface area contributed by atoms with Crippen LogP contribution in [0.25, 0.3) is 0 Å². The van der Waals surface area contributed by atoms with E-state index in [9.17, 15) is 9.18 Å². The normalized spacial score (nSPS) is 20.2. The minimum Gasteiger partial charge on any atom is -0.444 e. The van der Waals surface area contributed by atoms with E-state index >= 15 is 0 Å². The van der Waals surface area contributed by atoms with Crippen molar-refractivity contribution in [2.75, 3.05) is 5.32 Å². The first-order chi connectivity index (χ1) is 12.1. The summed E-state index contributed by atoms with van der Waals surface area (Å²) in [4.78, 5) is 15.9. The maximum atomic E-state index is 14.4. The lowest BCUT2D eigenvalue weighted by Gasteiger charge is -2.31. The number of nitrogens with one attached hydrogen (secondary N) is 2. The van der Waals surface area contributed by atoms with Crippen molar-refractivity contribution < 1.29 is 13.9 Å². The summed E-state index contributed by atoms with van der Waals surface area (Å²) < 4.78 is 19.9. The zero-order valence-electron chi connectivity index (χ0n) is 14.8. The number of aromatic nitrogens is 1. The second-order valence-corrected chi connectivity index (χ2v) is 8.65. The van der Waals surface area contributed by atoms with Crippen LogP contribution in [0, 0.1) is 20.7 Å². The molecule has 1 amide bonds. The number of halogens is 3. The van der Waals surface area contributed by atoms with Gasteiger partial charge in [-0.05, 0) is 69.0 Å². The van der Waals surface area contributed by atoms with E-state index in [1.165, 1.54) is 0 Å². The van der Waals surface area contributed by atoms with Gasteiger partial charge in [-0.2, -0.15) is 5.26 Å². The van der Waals surface area contributed by atoms with Gasteiger partial charge in [0.05, 0.1) is 3.57 Å². The summed E-state index contributed by atoms with van der Waals surface area (Å²) in [7, 11) is 0. The number of nitriles is 1. The van der Waals surface area contributed by atoms with Crippen molar-refractivity contribution >= 4 is 46.1 Å². The summed E-state index contributed by atoms with van der Waals surface area (Å²) in [5.41, 5.74) is -0.525. The average Bonchev–Trinajstić information content (AvgIpc) is 2.51. The van der Waals surface area contributed by atoms with Gasteiger partial charge in [0.2, 0.25) is 0 Å². The molecule has 0 aliphatic heterocycles. The number of hydrogen-bond donors (Lipinski definition) is 2. The topological polar surface area (TPSA) is 87.0 Å². The molecule has 0 bridgehead atoms. The molecule has 142 valence electrons. The molecule has 1 saturated carbocycles. The maximum Gasteiger partial charge on any atom is 0.407 e. The summed E-state index contributed by atoms with van der Waals surface area (Å²) in [6.45, 7) is 5.42.